The highest BCUT2D eigenvalue weighted by atomic mass is 16.2. The number of hydrogen-bond acceptors (Lipinski definition) is 6. The number of aromatic amines is 1. The number of amides is 2. The third kappa shape index (κ3) is 6.47. The van der Waals surface area contributed by atoms with Gasteiger partial charge in [-0.05, 0) is 36.6 Å². The summed E-state index contributed by atoms with van der Waals surface area (Å²) in [7, 11) is 0. The second-order valence-corrected chi connectivity index (χ2v) is 8.08. The number of H-pyrrole nitrogens is 1. The molecule has 32 heavy (non-hydrogen) atoms. The lowest BCUT2D eigenvalue weighted by atomic mass is 10.1. The highest BCUT2D eigenvalue weighted by Crippen LogP contribution is 2.19. The minimum absolute atomic E-state index is 0.0945. The van der Waals surface area contributed by atoms with E-state index in [9.17, 15) is 19.2 Å². The van der Waals surface area contributed by atoms with E-state index < -0.39 is 17.2 Å². The Hall–Kier alpha value is -3.56. The molecule has 174 valence electrons. The van der Waals surface area contributed by atoms with Crippen LogP contribution >= 0.6 is 0 Å². The molecular weight excluding hydrogens is 412 g/mol. The first-order valence-corrected chi connectivity index (χ1v) is 10.7. The Morgan fingerprint density at radius 2 is 1.84 bits per heavy atom. The van der Waals surface area contributed by atoms with Crippen LogP contribution in [0, 0.1) is 5.92 Å². The van der Waals surface area contributed by atoms with E-state index in [1.807, 2.05) is 20.8 Å². The number of carbonyl (C=O) groups is 2. The van der Waals surface area contributed by atoms with E-state index in [-0.39, 0.29) is 36.3 Å². The molecule has 0 spiro atoms. The number of aromatic nitrogens is 2. The fourth-order valence-corrected chi connectivity index (χ4v) is 3.33. The topological polar surface area (TPSA) is 156 Å². The monoisotopic (exact) mass is 444 g/mol. The molecule has 1 heterocycles. The lowest BCUT2D eigenvalue weighted by molar-refractivity contribution is -0.116. The molecule has 0 aliphatic rings. The molecule has 1 aromatic carbocycles. The zero-order chi connectivity index (χ0) is 23.8. The Labute approximate surface area is 186 Å². The minimum atomic E-state index is -0.566. The van der Waals surface area contributed by atoms with Crippen molar-refractivity contribution in [2.75, 3.05) is 29.0 Å². The lowest BCUT2D eigenvalue weighted by Crippen LogP contribution is -2.40. The zero-order valence-electron chi connectivity index (χ0n) is 18.8. The van der Waals surface area contributed by atoms with Gasteiger partial charge >= 0.3 is 5.69 Å². The molecule has 2 rings (SSSR count). The molecule has 2 amide bonds. The molecule has 0 aliphatic heterocycles. The first-order chi connectivity index (χ1) is 15.1. The van der Waals surface area contributed by atoms with Crippen LogP contribution in [-0.4, -0.2) is 34.5 Å². The van der Waals surface area contributed by atoms with Crippen LogP contribution in [0.15, 0.2) is 33.9 Å². The van der Waals surface area contributed by atoms with E-state index in [0.717, 1.165) is 12.8 Å². The number of rotatable bonds is 11. The van der Waals surface area contributed by atoms with Crippen LogP contribution in [0.4, 0.5) is 17.2 Å². The number of unbranched alkanes of at least 4 members (excludes halogenated alkanes) is 1. The summed E-state index contributed by atoms with van der Waals surface area (Å²) in [6.07, 6.45) is 1.71. The molecular formula is C22H32N6O4. The van der Waals surface area contributed by atoms with Crippen LogP contribution in [0.5, 0.6) is 0 Å². The average molecular weight is 445 g/mol. The molecule has 6 N–H and O–H groups in total. The van der Waals surface area contributed by atoms with Gasteiger partial charge in [0.1, 0.15) is 11.5 Å². The van der Waals surface area contributed by atoms with Gasteiger partial charge in [-0.15, -0.1) is 0 Å². The van der Waals surface area contributed by atoms with Crippen molar-refractivity contribution in [3.8, 4) is 0 Å². The third-order valence-electron chi connectivity index (χ3n) is 4.91. The first-order valence-electron chi connectivity index (χ1n) is 10.7. The minimum Gasteiger partial charge on any atom is -0.383 e. The van der Waals surface area contributed by atoms with Crippen molar-refractivity contribution in [2.45, 2.75) is 46.6 Å². The highest BCUT2D eigenvalue weighted by Gasteiger charge is 2.20. The molecule has 0 atom stereocenters. The van der Waals surface area contributed by atoms with Crippen LogP contribution in [0.2, 0.25) is 0 Å². The lowest BCUT2D eigenvalue weighted by Gasteiger charge is -2.27. The molecule has 0 saturated carbocycles. The zero-order valence-corrected chi connectivity index (χ0v) is 18.8. The van der Waals surface area contributed by atoms with Crippen LogP contribution < -0.4 is 32.9 Å². The standard InChI is InChI=1S/C22H32N6O4/c1-4-5-11-28-19(23)18(21(31)26-22(28)32)27(13-14(2)3)12-10-17(29)25-16-8-6-15(7-9-16)20(24)30/h6-9,14H,4-5,10-13,23H2,1-3H3,(H2,24,30)(H,25,29)(H,26,31,32). The maximum atomic E-state index is 12.6. The third-order valence-corrected chi connectivity index (χ3v) is 4.91. The van der Waals surface area contributed by atoms with E-state index >= 15 is 0 Å². The van der Waals surface area contributed by atoms with Crippen LogP contribution in [0.1, 0.15) is 50.4 Å². The van der Waals surface area contributed by atoms with Crippen molar-refractivity contribution >= 4 is 29.0 Å². The Balaban J connectivity index is 2.20. The Bertz CT molecular complexity index is 1060. The Morgan fingerprint density at radius 3 is 2.41 bits per heavy atom. The van der Waals surface area contributed by atoms with Gasteiger partial charge in [-0.2, -0.15) is 0 Å². The van der Waals surface area contributed by atoms with Gasteiger partial charge in [0.2, 0.25) is 11.8 Å². The van der Waals surface area contributed by atoms with Gasteiger partial charge in [0.05, 0.1) is 0 Å². The summed E-state index contributed by atoms with van der Waals surface area (Å²) in [5.74, 6) is -0.514. The average Bonchev–Trinajstić information content (AvgIpc) is 2.71. The summed E-state index contributed by atoms with van der Waals surface area (Å²) < 4.78 is 1.37. The SMILES string of the molecule is CCCCn1c(N)c(N(CCC(=O)Nc2ccc(C(N)=O)cc2)CC(C)C)c(=O)[nH]c1=O. The van der Waals surface area contributed by atoms with E-state index in [2.05, 4.69) is 10.3 Å². The van der Waals surface area contributed by atoms with Crippen molar-refractivity contribution in [3.05, 3.63) is 50.7 Å². The quantitative estimate of drug-likeness (QED) is 0.411. The van der Waals surface area contributed by atoms with E-state index in [1.54, 1.807) is 17.0 Å². The van der Waals surface area contributed by atoms with Crippen molar-refractivity contribution in [2.24, 2.45) is 11.7 Å². The number of nitrogen functional groups attached to an aromatic ring is 1. The largest absolute Gasteiger partial charge is 0.383 e. The molecule has 0 fully saturated rings. The smallest absolute Gasteiger partial charge is 0.330 e. The van der Waals surface area contributed by atoms with E-state index in [1.165, 1.54) is 16.7 Å². The summed E-state index contributed by atoms with van der Waals surface area (Å²) in [5, 5.41) is 2.76. The van der Waals surface area contributed by atoms with Crippen molar-refractivity contribution in [3.63, 3.8) is 0 Å². The van der Waals surface area contributed by atoms with E-state index in [0.29, 0.717) is 24.3 Å². The van der Waals surface area contributed by atoms with Gasteiger partial charge < -0.3 is 21.7 Å². The van der Waals surface area contributed by atoms with Gasteiger partial charge in [-0.25, -0.2) is 4.79 Å². The molecule has 2 aromatic rings. The number of nitrogens with one attached hydrogen (secondary N) is 2. The number of anilines is 3. The van der Waals surface area contributed by atoms with Crippen molar-refractivity contribution in [1.29, 1.82) is 0 Å². The van der Waals surface area contributed by atoms with Crippen molar-refractivity contribution < 1.29 is 9.59 Å². The number of nitrogens with two attached hydrogens (primary N) is 2. The summed E-state index contributed by atoms with van der Waals surface area (Å²) in [4.78, 5) is 52.6. The molecule has 1 aromatic heterocycles. The van der Waals surface area contributed by atoms with Crippen LogP contribution in [0.3, 0.4) is 0 Å². The highest BCUT2D eigenvalue weighted by molar-refractivity contribution is 5.94. The van der Waals surface area contributed by atoms with Crippen LogP contribution in [0.25, 0.3) is 0 Å². The normalized spacial score (nSPS) is 10.9. The van der Waals surface area contributed by atoms with Gasteiger partial charge in [0.25, 0.3) is 5.56 Å². The van der Waals surface area contributed by atoms with Gasteiger partial charge in [0.15, 0.2) is 0 Å². The summed E-state index contributed by atoms with van der Waals surface area (Å²) >= 11 is 0. The summed E-state index contributed by atoms with van der Waals surface area (Å²) in [6.45, 7) is 7.11. The predicted molar refractivity (Wildman–Crippen MR) is 126 cm³/mol. The van der Waals surface area contributed by atoms with Gasteiger partial charge in [0, 0.05) is 37.3 Å². The number of nitrogens with zero attached hydrogens (tertiary/aromatic N) is 2. The maximum Gasteiger partial charge on any atom is 0.330 e. The second kappa shape index (κ2) is 11.2. The fraction of sp³-hybridized carbons (Fsp3) is 0.455. The summed E-state index contributed by atoms with van der Waals surface area (Å²) in [6, 6.07) is 6.25. The molecule has 0 saturated heterocycles. The molecule has 10 heteroatoms. The molecule has 0 bridgehead atoms. The van der Waals surface area contributed by atoms with Gasteiger partial charge in [-0.1, -0.05) is 27.2 Å². The molecule has 10 nitrogen and oxygen atoms in total. The Morgan fingerprint density at radius 1 is 1.19 bits per heavy atom. The molecule has 0 radical (unpaired) electrons. The Kier molecular flexibility index (Phi) is 8.62. The number of carbonyl (C=O) groups excluding carboxylic acids is 2. The fourth-order valence-electron chi connectivity index (χ4n) is 3.33. The molecule has 0 unspecified atom stereocenters. The van der Waals surface area contributed by atoms with Crippen molar-refractivity contribution in [1.82, 2.24) is 9.55 Å². The number of hydrogen-bond donors (Lipinski definition) is 4. The van der Waals surface area contributed by atoms with Gasteiger partial charge in [-0.3, -0.25) is 23.9 Å². The molecule has 0 aliphatic carbocycles. The maximum absolute atomic E-state index is 12.6. The van der Waals surface area contributed by atoms with E-state index in [4.69, 9.17) is 11.5 Å². The number of primary amides is 1. The predicted octanol–water partition coefficient (Wildman–Crippen LogP) is 1.51. The number of benzene rings is 1. The van der Waals surface area contributed by atoms with Crippen LogP contribution in [-0.2, 0) is 11.3 Å². The first kappa shape index (κ1) is 24.7. The second-order valence-electron chi connectivity index (χ2n) is 8.08. The summed E-state index contributed by atoms with van der Waals surface area (Å²) in [5.41, 5.74) is 11.4.